The zero-order valence-electron chi connectivity index (χ0n) is 14.3. The fraction of sp³-hybridized carbons (Fsp3) is 0.389. The predicted octanol–water partition coefficient (Wildman–Crippen LogP) is 1.54. The summed E-state index contributed by atoms with van der Waals surface area (Å²) >= 11 is 0. The van der Waals surface area contributed by atoms with E-state index in [9.17, 15) is 9.59 Å². The van der Waals surface area contributed by atoms with Crippen molar-refractivity contribution in [2.45, 2.75) is 24.8 Å². The summed E-state index contributed by atoms with van der Waals surface area (Å²) < 4.78 is 1.81. The first-order valence-electron chi connectivity index (χ1n) is 8.42. The van der Waals surface area contributed by atoms with Gasteiger partial charge in [-0.25, -0.2) is 4.79 Å². The molecule has 1 aliphatic rings. The molecule has 0 spiro atoms. The van der Waals surface area contributed by atoms with Gasteiger partial charge in [0.15, 0.2) is 0 Å². The van der Waals surface area contributed by atoms with Gasteiger partial charge in [0, 0.05) is 13.2 Å². The Bertz CT molecular complexity index is 735. The summed E-state index contributed by atoms with van der Waals surface area (Å²) in [4.78, 5) is 25.8. The number of benzene rings is 1. The van der Waals surface area contributed by atoms with Crippen molar-refractivity contribution in [3.8, 4) is 0 Å². The van der Waals surface area contributed by atoms with Crippen LogP contribution in [-0.4, -0.2) is 39.7 Å². The van der Waals surface area contributed by atoms with Crippen molar-refractivity contribution >= 4 is 11.9 Å². The number of piperidine rings is 1. The average molecular weight is 341 g/mol. The van der Waals surface area contributed by atoms with Crippen LogP contribution in [0.15, 0.2) is 42.7 Å². The van der Waals surface area contributed by atoms with Gasteiger partial charge in [-0.05, 0) is 43.0 Å². The zero-order chi connectivity index (χ0) is 17.8. The van der Waals surface area contributed by atoms with Gasteiger partial charge in [-0.2, -0.15) is 5.10 Å². The minimum absolute atomic E-state index is 0.376. The molecular formula is C18H23N5O2. The highest BCUT2D eigenvalue weighted by Gasteiger charge is 2.32. The largest absolute Gasteiger partial charge is 0.351 e. The fourth-order valence-corrected chi connectivity index (χ4v) is 3.50. The first-order chi connectivity index (χ1) is 12.0. The number of aryl methyl sites for hydroxylation is 1. The number of aromatic nitrogens is 2. The van der Waals surface area contributed by atoms with Crippen molar-refractivity contribution in [2.75, 3.05) is 13.1 Å². The first-order valence-corrected chi connectivity index (χ1v) is 8.42. The molecule has 0 bridgehead atoms. The van der Waals surface area contributed by atoms with Crippen molar-refractivity contribution in [3.63, 3.8) is 0 Å². The predicted molar refractivity (Wildman–Crippen MR) is 93.7 cm³/mol. The molecule has 1 atom stereocenters. The molecule has 2 heterocycles. The smallest absolute Gasteiger partial charge is 0.318 e. The standard InChI is InChI=1S/C18H23N5O2/c1-22-12-15(11-20-22)13-7-9-23(10-8-13)16(17(24)21-18(19)25)14-5-3-2-4-6-14/h2-6,11-13,16H,7-10H2,1H3,(H3,19,21,24,25)/t16-/m1/s1. The summed E-state index contributed by atoms with van der Waals surface area (Å²) in [6.07, 6.45) is 5.85. The maximum absolute atomic E-state index is 12.5. The summed E-state index contributed by atoms with van der Waals surface area (Å²) in [6.45, 7) is 1.54. The SMILES string of the molecule is Cn1cc(C2CCN([C@@H](C(=O)NC(N)=O)c3ccccc3)CC2)cn1. The molecule has 1 fully saturated rings. The molecule has 0 unspecified atom stereocenters. The van der Waals surface area contributed by atoms with Crippen LogP contribution in [0.1, 0.15) is 35.9 Å². The van der Waals surface area contributed by atoms with Gasteiger partial charge in [-0.3, -0.25) is 19.7 Å². The molecule has 132 valence electrons. The van der Waals surface area contributed by atoms with E-state index in [-0.39, 0.29) is 5.91 Å². The average Bonchev–Trinajstić information content (AvgIpc) is 3.02. The van der Waals surface area contributed by atoms with Gasteiger partial charge in [0.25, 0.3) is 0 Å². The third kappa shape index (κ3) is 4.06. The van der Waals surface area contributed by atoms with E-state index in [1.54, 1.807) is 0 Å². The van der Waals surface area contributed by atoms with Crippen molar-refractivity contribution < 1.29 is 9.59 Å². The van der Waals surface area contributed by atoms with Gasteiger partial charge in [0.2, 0.25) is 5.91 Å². The van der Waals surface area contributed by atoms with Crippen LogP contribution in [-0.2, 0) is 11.8 Å². The molecule has 1 aliphatic heterocycles. The fourth-order valence-electron chi connectivity index (χ4n) is 3.50. The summed E-state index contributed by atoms with van der Waals surface area (Å²) in [7, 11) is 1.91. The molecule has 2 aromatic rings. The zero-order valence-corrected chi connectivity index (χ0v) is 14.3. The number of hydrogen-bond acceptors (Lipinski definition) is 4. The number of carbonyl (C=O) groups is 2. The maximum Gasteiger partial charge on any atom is 0.318 e. The molecule has 0 saturated carbocycles. The number of imide groups is 1. The summed E-state index contributed by atoms with van der Waals surface area (Å²) in [5.74, 6) is 0.0686. The van der Waals surface area contributed by atoms with E-state index in [2.05, 4.69) is 21.5 Å². The number of primary amides is 1. The number of amides is 3. The van der Waals surface area contributed by atoms with Crippen molar-refractivity contribution in [3.05, 3.63) is 53.9 Å². The van der Waals surface area contributed by atoms with E-state index in [4.69, 9.17) is 5.73 Å². The summed E-state index contributed by atoms with van der Waals surface area (Å²) in [5.41, 5.74) is 7.24. The van der Waals surface area contributed by atoms with Crippen LogP contribution < -0.4 is 11.1 Å². The molecule has 1 saturated heterocycles. The number of nitrogens with one attached hydrogen (secondary N) is 1. The van der Waals surface area contributed by atoms with Crippen LogP contribution in [0.4, 0.5) is 4.79 Å². The molecule has 3 rings (SSSR count). The van der Waals surface area contributed by atoms with Crippen molar-refractivity contribution in [2.24, 2.45) is 12.8 Å². The molecule has 3 amide bonds. The minimum atomic E-state index is -0.823. The Hall–Kier alpha value is -2.67. The van der Waals surface area contributed by atoms with Gasteiger partial charge in [0.1, 0.15) is 6.04 Å². The summed E-state index contributed by atoms with van der Waals surface area (Å²) in [5, 5.41) is 6.47. The Kier molecular flexibility index (Phi) is 5.14. The molecule has 1 aromatic heterocycles. The Morgan fingerprint density at radius 2 is 1.92 bits per heavy atom. The topological polar surface area (TPSA) is 93.3 Å². The lowest BCUT2D eigenvalue weighted by molar-refractivity contribution is -0.126. The summed E-state index contributed by atoms with van der Waals surface area (Å²) in [6, 6.07) is 8.16. The second kappa shape index (κ2) is 7.48. The van der Waals surface area contributed by atoms with E-state index in [1.807, 2.05) is 48.3 Å². The lowest BCUT2D eigenvalue weighted by Gasteiger charge is -2.36. The number of nitrogens with two attached hydrogens (primary N) is 1. The Morgan fingerprint density at radius 3 is 2.48 bits per heavy atom. The van der Waals surface area contributed by atoms with Gasteiger partial charge in [-0.1, -0.05) is 30.3 Å². The number of nitrogens with zero attached hydrogens (tertiary/aromatic N) is 3. The lowest BCUT2D eigenvalue weighted by atomic mass is 9.90. The van der Waals surface area contributed by atoms with Crippen LogP contribution in [0.2, 0.25) is 0 Å². The monoisotopic (exact) mass is 341 g/mol. The molecule has 25 heavy (non-hydrogen) atoms. The number of rotatable bonds is 4. The van der Waals surface area contributed by atoms with E-state index in [1.165, 1.54) is 5.56 Å². The maximum atomic E-state index is 12.5. The van der Waals surface area contributed by atoms with E-state index in [0.29, 0.717) is 5.92 Å². The minimum Gasteiger partial charge on any atom is -0.351 e. The van der Waals surface area contributed by atoms with E-state index in [0.717, 1.165) is 31.5 Å². The first kappa shape index (κ1) is 17.2. The highest BCUT2D eigenvalue weighted by Crippen LogP contribution is 2.32. The molecule has 7 heteroatoms. The Morgan fingerprint density at radius 1 is 1.24 bits per heavy atom. The highest BCUT2D eigenvalue weighted by atomic mass is 16.2. The molecule has 0 aliphatic carbocycles. The molecule has 0 radical (unpaired) electrons. The third-order valence-electron chi connectivity index (χ3n) is 4.70. The third-order valence-corrected chi connectivity index (χ3v) is 4.70. The Labute approximate surface area is 146 Å². The van der Waals surface area contributed by atoms with Crippen molar-refractivity contribution in [1.82, 2.24) is 20.0 Å². The van der Waals surface area contributed by atoms with Crippen molar-refractivity contribution in [1.29, 1.82) is 0 Å². The molecule has 1 aromatic carbocycles. The molecule has 3 N–H and O–H groups in total. The van der Waals surface area contributed by atoms with Gasteiger partial charge < -0.3 is 5.73 Å². The van der Waals surface area contributed by atoms with E-state index < -0.39 is 12.1 Å². The number of likely N-dealkylation sites (tertiary alicyclic amines) is 1. The van der Waals surface area contributed by atoms with Gasteiger partial charge >= 0.3 is 6.03 Å². The van der Waals surface area contributed by atoms with Crippen LogP contribution in [0, 0.1) is 0 Å². The lowest BCUT2D eigenvalue weighted by Crippen LogP contribution is -2.46. The molecule has 7 nitrogen and oxygen atoms in total. The van der Waals surface area contributed by atoms with Crippen LogP contribution in [0.25, 0.3) is 0 Å². The number of urea groups is 1. The quantitative estimate of drug-likeness (QED) is 0.882. The van der Waals surface area contributed by atoms with Crippen LogP contribution in [0.5, 0.6) is 0 Å². The molecular weight excluding hydrogens is 318 g/mol. The number of carbonyl (C=O) groups excluding carboxylic acids is 2. The van der Waals surface area contributed by atoms with Gasteiger partial charge in [0.05, 0.1) is 6.20 Å². The van der Waals surface area contributed by atoms with Crippen LogP contribution >= 0.6 is 0 Å². The second-order valence-corrected chi connectivity index (χ2v) is 6.42. The highest BCUT2D eigenvalue weighted by molar-refractivity contribution is 5.96. The normalized spacial score (nSPS) is 17.2. The van der Waals surface area contributed by atoms with Gasteiger partial charge in [-0.15, -0.1) is 0 Å². The Balaban J connectivity index is 1.74. The second-order valence-electron chi connectivity index (χ2n) is 6.42. The van der Waals surface area contributed by atoms with E-state index >= 15 is 0 Å². The number of hydrogen-bond donors (Lipinski definition) is 2. The van der Waals surface area contributed by atoms with Crippen LogP contribution in [0.3, 0.4) is 0 Å².